The number of nitriles is 1. The molecule has 0 aliphatic rings. The summed E-state index contributed by atoms with van der Waals surface area (Å²) < 4.78 is 32.9. The van der Waals surface area contributed by atoms with Gasteiger partial charge in [-0.2, -0.15) is 5.26 Å². The quantitative estimate of drug-likeness (QED) is 0.0285. The number of nitrogens with zero attached hydrogens (tertiary/aromatic N) is 1. The highest BCUT2D eigenvalue weighted by Gasteiger charge is 2.18. The molecule has 0 aliphatic heterocycles. The zero-order valence-electron chi connectivity index (χ0n) is 33.1. The molecule has 60 heavy (non-hydrogen) atoms. The molecule has 0 bridgehead atoms. The van der Waals surface area contributed by atoms with Gasteiger partial charge in [0.15, 0.2) is 11.5 Å². The number of hydrogen-bond donors (Lipinski definition) is 0. The second kappa shape index (κ2) is 23.1. The van der Waals surface area contributed by atoms with Crippen molar-refractivity contribution in [2.45, 2.75) is 38.5 Å². The third-order valence-corrected chi connectivity index (χ3v) is 9.03. The van der Waals surface area contributed by atoms with Crippen LogP contribution >= 0.6 is 0 Å². The molecule has 0 aromatic heterocycles. The molecule has 0 aliphatic carbocycles. The average Bonchev–Trinajstić information content (AvgIpc) is 3.29. The second-order valence-corrected chi connectivity index (χ2v) is 13.3. The molecule has 0 N–H and O–H groups in total. The van der Waals surface area contributed by atoms with E-state index in [4.69, 9.17) is 28.4 Å². The minimum absolute atomic E-state index is 0.0175. The molecule has 0 fully saturated rings. The normalized spacial score (nSPS) is 10.4. The zero-order chi connectivity index (χ0) is 42.5. The molecular formula is C49H45NO10. The third-order valence-electron chi connectivity index (χ3n) is 9.03. The van der Waals surface area contributed by atoms with Crippen LogP contribution in [0.2, 0.25) is 0 Å². The lowest BCUT2D eigenvalue weighted by Gasteiger charge is -2.12. The van der Waals surface area contributed by atoms with Crippen molar-refractivity contribution >= 4 is 23.9 Å². The van der Waals surface area contributed by atoms with Gasteiger partial charge in [-0.15, -0.1) is 0 Å². The average molecular weight is 808 g/mol. The first-order valence-corrected chi connectivity index (χ1v) is 19.5. The van der Waals surface area contributed by atoms with Gasteiger partial charge in [0.25, 0.3) is 0 Å². The summed E-state index contributed by atoms with van der Waals surface area (Å²) in [5.74, 6) is -0.836. The maximum atomic E-state index is 13.3. The molecule has 5 aromatic rings. The maximum absolute atomic E-state index is 13.3. The predicted molar refractivity (Wildman–Crippen MR) is 226 cm³/mol. The van der Waals surface area contributed by atoms with Gasteiger partial charge >= 0.3 is 23.9 Å². The van der Waals surface area contributed by atoms with Gasteiger partial charge in [-0.3, -0.25) is 0 Å². The minimum Gasteiger partial charge on any atom is -0.494 e. The summed E-state index contributed by atoms with van der Waals surface area (Å²) in [4.78, 5) is 48.7. The smallest absolute Gasteiger partial charge is 0.343 e. The standard InChI is InChI=1S/C49H45NO10/c1-3-46(51)57-31-9-5-7-29-55-42-24-20-38(21-25-42)36-12-16-40(17-13-36)48(53)59-44-28-11-35(34-50)33-45(44)60-49(54)41-18-14-37(15-19-41)39-22-26-43(27-23-39)56-30-8-6-10-32-58-47(52)4-2/h3-4,11-28,33H,1-2,5-10,29-32H2. The van der Waals surface area contributed by atoms with Crippen molar-refractivity contribution in [3.8, 4) is 51.3 Å². The van der Waals surface area contributed by atoms with Crippen LogP contribution in [-0.4, -0.2) is 50.3 Å². The predicted octanol–water partition coefficient (Wildman–Crippen LogP) is 9.89. The first-order valence-electron chi connectivity index (χ1n) is 19.5. The van der Waals surface area contributed by atoms with Gasteiger partial charge in [-0.25, -0.2) is 19.2 Å². The molecule has 0 amide bonds. The number of hydrogen-bond acceptors (Lipinski definition) is 11. The van der Waals surface area contributed by atoms with Crippen LogP contribution in [0.3, 0.4) is 0 Å². The molecule has 306 valence electrons. The molecule has 11 nitrogen and oxygen atoms in total. The molecular weight excluding hydrogens is 763 g/mol. The van der Waals surface area contributed by atoms with Crippen LogP contribution in [0.25, 0.3) is 22.3 Å². The van der Waals surface area contributed by atoms with Crippen molar-refractivity contribution in [1.29, 1.82) is 5.26 Å². The van der Waals surface area contributed by atoms with E-state index in [1.165, 1.54) is 18.2 Å². The van der Waals surface area contributed by atoms with Crippen molar-refractivity contribution in [2.75, 3.05) is 26.4 Å². The van der Waals surface area contributed by atoms with E-state index in [1.54, 1.807) is 48.5 Å². The van der Waals surface area contributed by atoms with Gasteiger partial charge in [0.1, 0.15) is 11.5 Å². The van der Waals surface area contributed by atoms with Crippen LogP contribution in [0.1, 0.15) is 64.8 Å². The highest BCUT2D eigenvalue weighted by Crippen LogP contribution is 2.31. The van der Waals surface area contributed by atoms with Crippen LogP contribution in [0, 0.1) is 11.3 Å². The molecule has 0 atom stereocenters. The number of benzene rings is 5. The Morgan fingerprint density at radius 1 is 0.483 bits per heavy atom. The van der Waals surface area contributed by atoms with E-state index in [2.05, 4.69) is 13.2 Å². The Kier molecular flexibility index (Phi) is 16.8. The molecule has 11 heteroatoms. The first-order chi connectivity index (χ1) is 29.3. The number of esters is 4. The van der Waals surface area contributed by atoms with Crippen LogP contribution in [-0.2, 0) is 19.1 Å². The first kappa shape index (κ1) is 43.7. The fourth-order valence-corrected chi connectivity index (χ4v) is 5.75. The minimum atomic E-state index is -0.693. The summed E-state index contributed by atoms with van der Waals surface area (Å²) in [6, 6.07) is 35.2. The highest BCUT2D eigenvalue weighted by molar-refractivity contribution is 5.94. The van der Waals surface area contributed by atoms with Crippen molar-refractivity contribution in [3.63, 3.8) is 0 Å². The highest BCUT2D eigenvalue weighted by atomic mass is 16.6. The summed E-state index contributed by atoms with van der Waals surface area (Å²) in [5, 5.41) is 9.51. The Labute approximate surface area is 349 Å². The van der Waals surface area contributed by atoms with E-state index >= 15 is 0 Å². The monoisotopic (exact) mass is 807 g/mol. The molecule has 0 heterocycles. The fourth-order valence-electron chi connectivity index (χ4n) is 5.75. The summed E-state index contributed by atoms with van der Waals surface area (Å²) in [6.07, 6.45) is 7.17. The Balaban J connectivity index is 1.11. The van der Waals surface area contributed by atoms with E-state index in [0.717, 1.165) is 84.4 Å². The van der Waals surface area contributed by atoms with Crippen molar-refractivity contribution in [1.82, 2.24) is 0 Å². The lowest BCUT2D eigenvalue weighted by molar-refractivity contribution is -0.138. The molecule has 5 rings (SSSR count). The largest absolute Gasteiger partial charge is 0.494 e. The molecule has 0 spiro atoms. The van der Waals surface area contributed by atoms with Gasteiger partial charge in [0.05, 0.1) is 49.2 Å². The Hall–Kier alpha value is -7.45. The topological polar surface area (TPSA) is 147 Å². The van der Waals surface area contributed by atoms with E-state index in [1.807, 2.05) is 54.6 Å². The summed E-state index contributed by atoms with van der Waals surface area (Å²) in [5.41, 5.74) is 4.35. The van der Waals surface area contributed by atoms with Gasteiger partial charge in [0.2, 0.25) is 0 Å². The third kappa shape index (κ3) is 13.6. The zero-order valence-corrected chi connectivity index (χ0v) is 33.1. The van der Waals surface area contributed by atoms with Crippen LogP contribution in [0.15, 0.2) is 141 Å². The molecule has 0 saturated heterocycles. The van der Waals surface area contributed by atoms with Crippen molar-refractivity contribution < 1.29 is 47.6 Å². The molecule has 5 aromatic carbocycles. The SMILES string of the molecule is C=CC(=O)OCCCCCOc1ccc(-c2ccc(C(=O)Oc3ccc(C#N)cc3OC(=O)c3ccc(-c4ccc(OCCCCCOC(=O)C=C)cc4)cc3)cc2)cc1. The molecule has 0 unspecified atom stereocenters. The summed E-state index contributed by atoms with van der Waals surface area (Å²) in [7, 11) is 0. The summed E-state index contributed by atoms with van der Waals surface area (Å²) >= 11 is 0. The molecule has 0 saturated carbocycles. The van der Waals surface area contributed by atoms with Gasteiger partial charge < -0.3 is 28.4 Å². The molecule has 0 radical (unpaired) electrons. The Bertz CT molecular complexity index is 2270. The van der Waals surface area contributed by atoms with E-state index < -0.39 is 23.9 Å². The Morgan fingerprint density at radius 2 is 0.867 bits per heavy atom. The van der Waals surface area contributed by atoms with Crippen molar-refractivity contribution in [3.05, 3.63) is 157 Å². The maximum Gasteiger partial charge on any atom is 0.343 e. The lowest BCUT2D eigenvalue weighted by atomic mass is 10.0. The van der Waals surface area contributed by atoms with Crippen LogP contribution in [0.5, 0.6) is 23.0 Å². The summed E-state index contributed by atoms with van der Waals surface area (Å²) in [6.45, 7) is 8.54. The Morgan fingerprint density at radius 3 is 1.27 bits per heavy atom. The number of rotatable bonds is 22. The van der Waals surface area contributed by atoms with E-state index in [-0.39, 0.29) is 28.2 Å². The van der Waals surface area contributed by atoms with E-state index in [0.29, 0.717) is 26.4 Å². The second-order valence-electron chi connectivity index (χ2n) is 13.3. The van der Waals surface area contributed by atoms with Gasteiger partial charge in [-0.1, -0.05) is 61.7 Å². The van der Waals surface area contributed by atoms with Gasteiger partial charge in [0, 0.05) is 18.2 Å². The number of ether oxygens (including phenoxy) is 6. The fraction of sp³-hybridized carbons (Fsp3) is 0.204. The van der Waals surface area contributed by atoms with E-state index in [9.17, 15) is 24.4 Å². The number of carbonyl (C=O) groups is 4. The number of carbonyl (C=O) groups excluding carboxylic acids is 4. The van der Waals surface area contributed by atoms with Crippen molar-refractivity contribution in [2.24, 2.45) is 0 Å². The van der Waals surface area contributed by atoms with Crippen LogP contribution < -0.4 is 18.9 Å². The lowest BCUT2D eigenvalue weighted by Crippen LogP contribution is -2.13. The van der Waals surface area contributed by atoms with Crippen LogP contribution in [0.4, 0.5) is 0 Å². The number of unbranched alkanes of at least 4 members (excludes halogenated alkanes) is 4. The van der Waals surface area contributed by atoms with Gasteiger partial charge in [-0.05, 0) is 121 Å².